The first kappa shape index (κ1) is 23.6. The number of nitrogens with one attached hydrogen (secondary N) is 2. The summed E-state index contributed by atoms with van der Waals surface area (Å²) in [7, 11) is 1.90. The van der Waals surface area contributed by atoms with E-state index in [4.69, 9.17) is 4.74 Å². The van der Waals surface area contributed by atoms with Gasteiger partial charge in [0.1, 0.15) is 5.84 Å². The molecule has 2 aromatic rings. The van der Waals surface area contributed by atoms with Gasteiger partial charge in [0, 0.05) is 81.3 Å². The molecule has 1 fully saturated rings. The first-order valence-corrected chi connectivity index (χ1v) is 12.3. The van der Waals surface area contributed by atoms with Crippen molar-refractivity contribution < 1.29 is 14.6 Å². The molecule has 35 heavy (non-hydrogen) atoms. The van der Waals surface area contributed by atoms with Crippen molar-refractivity contribution in [3.8, 4) is 11.1 Å². The Morgan fingerprint density at radius 2 is 2.20 bits per heavy atom. The van der Waals surface area contributed by atoms with E-state index in [1.54, 1.807) is 16.5 Å². The Balaban J connectivity index is 1.49. The highest BCUT2D eigenvalue weighted by Crippen LogP contribution is 2.35. The molecule has 1 aromatic heterocycles. The van der Waals surface area contributed by atoms with Gasteiger partial charge in [-0.3, -0.25) is 14.9 Å². The number of aromatic nitrogens is 2. The number of anilines is 1. The number of aryl methyl sites for hydroxylation is 1. The van der Waals surface area contributed by atoms with Crippen LogP contribution in [0.5, 0.6) is 0 Å². The predicted octanol–water partition coefficient (Wildman–Crippen LogP) is 1.92. The average molecular weight is 479 g/mol. The minimum absolute atomic E-state index is 0.0203. The van der Waals surface area contributed by atoms with Gasteiger partial charge in [0.25, 0.3) is 0 Å². The van der Waals surface area contributed by atoms with Crippen LogP contribution in [0.4, 0.5) is 5.69 Å². The minimum atomic E-state index is 0.0203. The number of carbonyl (C=O) groups is 1. The van der Waals surface area contributed by atoms with Crippen molar-refractivity contribution >= 4 is 17.4 Å². The Labute approximate surface area is 205 Å². The molecule has 0 bridgehead atoms. The topological polar surface area (TPSA) is 107 Å². The monoisotopic (exact) mass is 478 g/mol. The van der Waals surface area contributed by atoms with Crippen molar-refractivity contribution in [2.75, 3.05) is 44.4 Å². The van der Waals surface area contributed by atoms with E-state index in [1.165, 1.54) is 0 Å². The molecule has 3 aliphatic heterocycles. The summed E-state index contributed by atoms with van der Waals surface area (Å²) in [5, 5.41) is 27.3. The summed E-state index contributed by atoms with van der Waals surface area (Å²) >= 11 is 0. The molecular weight excluding hydrogens is 444 g/mol. The number of aliphatic hydroxyl groups excluding tert-OH is 1. The van der Waals surface area contributed by atoms with Crippen molar-refractivity contribution in [3.05, 3.63) is 47.4 Å². The van der Waals surface area contributed by atoms with Gasteiger partial charge in [-0.05, 0) is 36.1 Å². The number of nitrogens with zero attached hydrogens (tertiary/aromatic N) is 4. The second kappa shape index (κ2) is 9.83. The number of hydrogen-bond acceptors (Lipinski definition) is 6. The van der Waals surface area contributed by atoms with E-state index in [0.717, 1.165) is 53.1 Å². The molecule has 1 amide bonds. The number of aliphatic hydroxyl groups is 1. The second-order valence-corrected chi connectivity index (χ2v) is 9.81. The van der Waals surface area contributed by atoms with Crippen molar-refractivity contribution in [2.45, 2.75) is 32.2 Å². The number of amidine groups is 1. The molecule has 1 aromatic carbocycles. The number of rotatable bonds is 5. The van der Waals surface area contributed by atoms with Crippen LogP contribution in [0.1, 0.15) is 25.3 Å². The van der Waals surface area contributed by atoms with E-state index in [0.29, 0.717) is 38.5 Å². The van der Waals surface area contributed by atoms with Gasteiger partial charge in [0.2, 0.25) is 5.91 Å². The average Bonchev–Trinajstić information content (AvgIpc) is 3.54. The number of hydrogen-bond donors (Lipinski definition) is 3. The largest absolute Gasteiger partial charge is 0.396 e. The minimum Gasteiger partial charge on any atom is -0.396 e. The highest BCUT2D eigenvalue weighted by Gasteiger charge is 2.32. The van der Waals surface area contributed by atoms with Gasteiger partial charge in [-0.25, -0.2) is 0 Å². The molecule has 4 heterocycles. The standard InChI is InChI=1S/C26H34N6O3/c1-17(34)31-7-5-24(29-22-6-8-35-16-22)23(14-31)26(27)32-12-18(15-33)9-20-10-19(3-4-25(20)32)21-11-28-30(2)13-21/h3-4,10-11,13,18,22,27,29,33H,5-9,12,14-16H2,1-2H3/t18-,22+/m1/s1. The summed E-state index contributed by atoms with van der Waals surface area (Å²) < 4.78 is 7.33. The van der Waals surface area contributed by atoms with Crippen molar-refractivity contribution in [2.24, 2.45) is 13.0 Å². The number of ether oxygens (including phenoxy) is 1. The lowest BCUT2D eigenvalue weighted by Crippen LogP contribution is -2.47. The SMILES string of the molecule is CC(=O)N1CCC(N[C@H]2CCOC2)=C(C(=N)N2C[C@H](CO)Cc3cc(-c4cnn(C)c4)ccc32)C1. The molecule has 0 aliphatic carbocycles. The van der Waals surface area contributed by atoms with Crippen LogP contribution < -0.4 is 10.2 Å². The fourth-order valence-electron chi connectivity index (χ4n) is 5.29. The Hall–Kier alpha value is -3.17. The van der Waals surface area contributed by atoms with Crippen LogP contribution in [0, 0.1) is 11.3 Å². The Bertz CT molecular complexity index is 1150. The fourth-order valence-corrected chi connectivity index (χ4v) is 5.29. The number of amides is 1. The number of benzene rings is 1. The van der Waals surface area contributed by atoms with Gasteiger partial charge in [-0.15, -0.1) is 0 Å². The summed E-state index contributed by atoms with van der Waals surface area (Å²) in [5.41, 5.74) is 6.09. The summed E-state index contributed by atoms with van der Waals surface area (Å²) in [4.78, 5) is 16.0. The van der Waals surface area contributed by atoms with Crippen LogP contribution >= 0.6 is 0 Å². The molecular formula is C26H34N6O3. The molecule has 186 valence electrons. The summed E-state index contributed by atoms with van der Waals surface area (Å²) in [6, 6.07) is 6.53. The van der Waals surface area contributed by atoms with Crippen LogP contribution in [-0.2, 0) is 23.0 Å². The molecule has 3 N–H and O–H groups in total. The third kappa shape index (κ3) is 4.83. The maximum Gasteiger partial charge on any atom is 0.219 e. The third-order valence-corrected chi connectivity index (χ3v) is 7.27. The van der Waals surface area contributed by atoms with Crippen LogP contribution in [-0.4, -0.2) is 77.0 Å². The second-order valence-electron chi connectivity index (χ2n) is 9.81. The summed E-state index contributed by atoms with van der Waals surface area (Å²) in [5.74, 6) is 0.442. The van der Waals surface area contributed by atoms with Crippen LogP contribution in [0.25, 0.3) is 11.1 Å². The van der Waals surface area contributed by atoms with Crippen LogP contribution in [0.3, 0.4) is 0 Å². The van der Waals surface area contributed by atoms with E-state index in [2.05, 4.69) is 28.6 Å². The summed E-state index contributed by atoms with van der Waals surface area (Å²) in [6.45, 7) is 4.68. The maximum absolute atomic E-state index is 12.2. The zero-order chi connectivity index (χ0) is 24.5. The van der Waals surface area contributed by atoms with Crippen molar-refractivity contribution in [1.82, 2.24) is 20.0 Å². The maximum atomic E-state index is 12.2. The lowest BCUT2D eigenvalue weighted by molar-refractivity contribution is -0.128. The highest BCUT2D eigenvalue weighted by atomic mass is 16.5. The molecule has 5 rings (SSSR count). The smallest absolute Gasteiger partial charge is 0.219 e. The normalized spacial score (nSPS) is 22.4. The Morgan fingerprint density at radius 3 is 2.89 bits per heavy atom. The van der Waals surface area contributed by atoms with Crippen LogP contribution in [0.15, 0.2) is 41.9 Å². The first-order chi connectivity index (χ1) is 16.9. The van der Waals surface area contributed by atoms with Crippen molar-refractivity contribution in [1.29, 1.82) is 5.41 Å². The van der Waals surface area contributed by atoms with Gasteiger partial charge in [-0.1, -0.05) is 6.07 Å². The lowest BCUT2D eigenvalue weighted by atomic mass is 9.90. The van der Waals surface area contributed by atoms with Crippen LogP contribution in [0.2, 0.25) is 0 Å². The van der Waals surface area contributed by atoms with Gasteiger partial charge < -0.3 is 25.0 Å². The zero-order valence-corrected chi connectivity index (χ0v) is 20.5. The molecule has 2 atom stereocenters. The highest BCUT2D eigenvalue weighted by molar-refractivity contribution is 6.09. The van der Waals surface area contributed by atoms with Gasteiger partial charge in [-0.2, -0.15) is 5.10 Å². The number of carbonyl (C=O) groups excluding carboxylic acids is 1. The van der Waals surface area contributed by atoms with E-state index in [9.17, 15) is 15.3 Å². The Kier molecular flexibility index (Phi) is 6.62. The molecule has 0 unspecified atom stereocenters. The quantitative estimate of drug-likeness (QED) is 0.448. The van der Waals surface area contributed by atoms with Crippen molar-refractivity contribution in [3.63, 3.8) is 0 Å². The molecule has 3 aliphatic rings. The summed E-state index contributed by atoms with van der Waals surface area (Å²) in [6.07, 6.45) is 6.23. The molecule has 0 spiro atoms. The first-order valence-electron chi connectivity index (χ1n) is 12.3. The van der Waals surface area contributed by atoms with E-state index < -0.39 is 0 Å². The molecule has 9 heteroatoms. The molecule has 0 radical (unpaired) electrons. The molecule has 1 saturated heterocycles. The van der Waals surface area contributed by atoms with Gasteiger partial charge in [0.15, 0.2) is 0 Å². The molecule has 0 saturated carbocycles. The van der Waals surface area contributed by atoms with Gasteiger partial charge in [0.05, 0.1) is 25.4 Å². The van der Waals surface area contributed by atoms with E-state index in [-0.39, 0.29) is 24.5 Å². The fraction of sp³-hybridized carbons (Fsp3) is 0.500. The third-order valence-electron chi connectivity index (χ3n) is 7.27. The van der Waals surface area contributed by atoms with E-state index in [1.807, 2.05) is 24.3 Å². The predicted molar refractivity (Wildman–Crippen MR) is 134 cm³/mol. The zero-order valence-electron chi connectivity index (χ0n) is 20.5. The molecule has 9 nitrogen and oxygen atoms in total. The van der Waals surface area contributed by atoms with Gasteiger partial charge >= 0.3 is 0 Å². The Morgan fingerprint density at radius 1 is 1.34 bits per heavy atom. The number of fused-ring (bicyclic) bond motifs is 1. The van der Waals surface area contributed by atoms with E-state index >= 15 is 0 Å². The lowest BCUT2D eigenvalue weighted by Gasteiger charge is -2.39.